The van der Waals surface area contributed by atoms with E-state index in [4.69, 9.17) is 4.74 Å². The van der Waals surface area contributed by atoms with Crippen LogP contribution in [0.3, 0.4) is 0 Å². The molecule has 0 aromatic carbocycles. The molecule has 17 heavy (non-hydrogen) atoms. The quantitative estimate of drug-likeness (QED) is 0.473. The summed E-state index contributed by atoms with van der Waals surface area (Å²) in [5.41, 5.74) is 0. The molecule has 0 atom stereocenters. The lowest BCUT2D eigenvalue weighted by atomic mass is 10.2. The fourth-order valence-corrected chi connectivity index (χ4v) is 1.33. The first-order valence-electron chi connectivity index (χ1n) is 6.63. The van der Waals surface area contributed by atoms with E-state index in [0.29, 0.717) is 19.6 Å². The maximum atomic E-state index is 11.3. The molecular weight excluding hydrogens is 218 g/mol. The number of esters is 1. The van der Waals surface area contributed by atoms with Crippen molar-refractivity contribution in [1.29, 1.82) is 0 Å². The normalized spacial score (nSPS) is 10.0. The van der Waals surface area contributed by atoms with Gasteiger partial charge in [0.05, 0.1) is 13.0 Å². The van der Waals surface area contributed by atoms with E-state index in [0.717, 1.165) is 32.1 Å². The van der Waals surface area contributed by atoms with Crippen molar-refractivity contribution in [2.75, 3.05) is 13.2 Å². The highest BCUT2D eigenvalue weighted by atomic mass is 16.5. The second-order valence-electron chi connectivity index (χ2n) is 4.13. The van der Waals surface area contributed by atoms with Crippen molar-refractivity contribution >= 4 is 11.9 Å². The molecule has 0 fully saturated rings. The van der Waals surface area contributed by atoms with Crippen molar-refractivity contribution in [3.63, 3.8) is 0 Å². The third-order valence-corrected chi connectivity index (χ3v) is 2.42. The molecule has 4 nitrogen and oxygen atoms in total. The lowest BCUT2D eigenvalue weighted by Crippen LogP contribution is -2.26. The predicted molar refractivity (Wildman–Crippen MR) is 67.6 cm³/mol. The molecular formula is C13H25NO3. The number of unbranched alkanes of at least 4 members (excludes halogenated alkanes) is 3. The molecule has 0 bridgehead atoms. The summed E-state index contributed by atoms with van der Waals surface area (Å²) >= 11 is 0. The molecule has 0 aliphatic heterocycles. The van der Waals surface area contributed by atoms with Crippen LogP contribution in [0.15, 0.2) is 0 Å². The summed E-state index contributed by atoms with van der Waals surface area (Å²) in [5.74, 6) is -0.202. The molecule has 4 heteroatoms. The molecule has 0 aromatic rings. The molecule has 0 radical (unpaired) electrons. The lowest BCUT2D eigenvalue weighted by Gasteiger charge is -2.05. The zero-order valence-electron chi connectivity index (χ0n) is 11.1. The molecule has 0 heterocycles. The average Bonchev–Trinajstić information content (AvgIpc) is 2.30. The van der Waals surface area contributed by atoms with Crippen molar-refractivity contribution in [3.05, 3.63) is 0 Å². The topological polar surface area (TPSA) is 55.4 Å². The van der Waals surface area contributed by atoms with Gasteiger partial charge in [0.15, 0.2) is 0 Å². The van der Waals surface area contributed by atoms with E-state index in [2.05, 4.69) is 12.2 Å². The lowest BCUT2D eigenvalue weighted by molar-refractivity contribution is -0.143. The first-order chi connectivity index (χ1) is 8.20. The second-order valence-corrected chi connectivity index (χ2v) is 4.13. The van der Waals surface area contributed by atoms with E-state index in [-0.39, 0.29) is 18.3 Å². The van der Waals surface area contributed by atoms with Crippen LogP contribution in [-0.4, -0.2) is 25.0 Å². The van der Waals surface area contributed by atoms with Gasteiger partial charge in [-0.05, 0) is 12.8 Å². The van der Waals surface area contributed by atoms with E-state index < -0.39 is 0 Å². The second kappa shape index (κ2) is 11.4. The maximum Gasteiger partial charge on any atom is 0.307 e. The number of carbonyl (C=O) groups excluding carboxylic acids is 2. The van der Waals surface area contributed by atoms with Gasteiger partial charge in [-0.3, -0.25) is 9.59 Å². The van der Waals surface area contributed by atoms with E-state index in [1.807, 2.05) is 6.92 Å². The zero-order chi connectivity index (χ0) is 12.9. The van der Waals surface area contributed by atoms with Crippen LogP contribution in [0.25, 0.3) is 0 Å². The Morgan fingerprint density at radius 3 is 2.35 bits per heavy atom. The van der Waals surface area contributed by atoms with Gasteiger partial charge in [0, 0.05) is 13.0 Å². The van der Waals surface area contributed by atoms with Crippen molar-refractivity contribution < 1.29 is 14.3 Å². The first-order valence-corrected chi connectivity index (χ1v) is 6.63. The third-order valence-electron chi connectivity index (χ3n) is 2.42. The van der Waals surface area contributed by atoms with E-state index >= 15 is 0 Å². The Balaban J connectivity index is 3.36. The minimum absolute atomic E-state index is 0.0276. The summed E-state index contributed by atoms with van der Waals surface area (Å²) in [6.45, 7) is 5.02. The van der Waals surface area contributed by atoms with Crippen LogP contribution in [0.2, 0.25) is 0 Å². The highest BCUT2D eigenvalue weighted by Crippen LogP contribution is 1.98. The van der Waals surface area contributed by atoms with Crippen LogP contribution in [0.4, 0.5) is 0 Å². The zero-order valence-corrected chi connectivity index (χ0v) is 11.1. The first kappa shape index (κ1) is 15.9. The minimum atomic E-state index is -0.229. The van der Waals surface area contributed by atoms with Crippen LogP contribution in [-0.2, 0) is 14.3 Å². The van der Waals surface area contributed by atoms with Crippen LogP contribution in [0, 0.1) is 0 Å². The fourth-order valence-electron chi connectivity index (χ4n) is 1.33. The van der Waals surface area contributed by atoms with Gasteiger partial charge in [-0.1, -0.05) is 33.1 Å². The number of hydrogen-bond acceptors (Lipinski definition) is 3. The smallest absolute Gasteiger partial charge is 0.307 e. The van der Waals surface area contributed by atoms with Crippen LogP contribution < -0.4 is 5.32 Å². The molecule has 0 aliphatic carbocycles. The Morgan fingerprint density at radius 1 is 1.00 bits per heavy atom. The van der Waals surface area contributed by atoms with Crippen molar-refractivity contribution in [1.82, 2.24) is 5.32 Å². The van der Waals surface area contributed by atoms with Crippen molar-refractivity contribution in [3.8, 4) is 0 Å². The van der Waals surface area contributed by atoms with E-state index in [1.165, 1.54) is 0 Å². The molecule has 0 saturated carbocycles. The fraction of sp³-hybridized carbons (Fsp3) is 0.846. The Kier molecular flexibility index (Phi) is 10.7. The molecule has 1 N–H and O–H groups in total. The summed E-state index contributed by atoms with van der Waals surface area (Å²) in [5, 5.41) is 2.72. The van der Waals surface area contributed by atoms with Gasteiger partial charge >= 0.3 is 5.97 Å². The predicted octanol–water partition coefficient (Wildman–Crippen LogP) is 2.42. The Bertz CT molecular complexity index is 195. The molecule has 0 spiro atoms. The SMILES string of the molecule is CCCCCC(=O)NCCC(=O)OCCCC. The van der Waals surface area contributed by atoms with Crippen molar-refractivity contribution in [2.45, 2.75) is 58.8 Å². The van der Waals surface area contributed by atoms with E-state index in [1.54, 1.807) is 0 Å². The number of carbonyl (C=O) groups is 2. The van der Waals surface area contributed by atoms with Gasteiger partial charge in [-0.25, -0.2) is 0 Å². The molecule has 0 saturated heterocycles. The van der Waals surface area contributed by atoms with Crippen LogP contribution >= 0.6 is 0 Å². The van der Waals surface area contributed by atoms with Gasteiger partial charge in [0.1, 0.15) is 0 Å². The standard InChI is InChI=1S/C13H25NO3/c1-3-5-7-8-12(15)14-10-9-13(16)17-11-6-4-2/h3-11H2,1-2H3,(H,14,15). The summed E-state index contributed by atoms with van der Waals surface area (Å²) in [6, 6.07) is 0. The number of rotatable bonds is 10. The number of nitrogens with one attached hydrogen (secondary N) is 1. The van der Waals surface area contributed by atoms with Gasteiger partial charge < -0.3 is 10.1 Å². The molecule has 0 unspecified atom stereocenters. The minimum Gasteiger partial charge on any atom is -0.466 e. The molecule has 0 aliphatic rings. The third kappa shape index (κ3) is 11.2. The number of amides is 1. The summed E-state index contributed by atoms with van der Waals surface area (Å²) in [7, 11) is 0. The van der Waals surface area contributed by atoms with E-state index in [9.17, 15) is 9.59 Å². The van der Waals surface area contributed by atoms with Gasteiger partial charge in [-0.2, -0.15) is 0 Å². The van der Waals surface area contributed by atoms with Gasteiger partial charge in [-0.15, -0.1) is 0 Å². The Labute approximate surface area is 104 Å². The van der Waals surface area contributed by atoms with Crippen LogP contribution in [0.1, 0.15) is 58.8 Å². The van der Waals surface area contributed by atoms with Gasteiger partial charge in [0.2, 0.25) is 5.91 Å². The largest absolute Gasteiger partial charge is 0.466 e. The number of ether oxygens (including phenoxy) is 1. The Hall–Kier alpha value is -1.06. The number of hydrogen-bond donors (Lipinski definition) is 1. The molecule has 0 aromatic heterocycles. The maximum absolute atomic E-state index is 11.3. The van der Waals surface area contributed by atoms with Crippen molar-refractivity contribution in [2.24, 2.45) is 0 Å². The Morgan fingerprint density at radius 2 is 1.71 bits per heavy atom. The summed E-state index contributed by atoms with van der Waals surface area (Å²) in [6.07, 6.45) is 5.84. The summed E-state index contributed by atoms with van der Waals surface area (Å²) in [4.78, 5) is 22.5. The highest BCUT2D eigenvalue weighted by Gasteiger charge is 2.04. The molecule has 0 rings (SSSR count). The monoisotopic (exact) mass is 243 g/mol. The van der Waals surface area contributed by atoms with Gasteiger partial charge in [0.25, 0.3) is 0 Å². The molecule has 100 valence electrons. The van der Waals surface area contributed by atoms with Crippen LogP contribution in [0.5, 0.6) is 0 Å². The molecule has 1 amide bonds. The highest BCUT2D eigenvalue weighted by molar-refractivity contribution is 5.76. The summed E-state index contributed by atoms with van der Waals surface area (Å²) < 4.78 is 4.97. The average molecular weight is 243 g/mol.